The number of likely N-dealkylation sites (N-methyl/N-ethyl adjacent to an activating group) is 1. The summed E-state index contributed by atoms with van der Waals surface area (Å²) in [6.07, 6.45) is 3.18. The standard InChI is InChI=1S/C18H32N2OS/c1-6-20(7-2)11-8-9-13(3)16-14(4)15-10-12-19(5)18(21)17(15)22-16/h13,18,21H,6-12H2,1-5H3. The van der Waals surface area contributed by atoms with Gasteiger partial charge in [0, 0.05) is 11.4 Å². The number of fused-ring (bicyclic) bond motifs is 1. The van der Waals surface area contributed by atoms with Crippen molar-refractivity contribution in [2.75, 3.05) is 33.2 Å². The van der Waals surface area contributed by atoms with Crippen molar-refractivity contribution in [3.05, 3.63) is 20.9 Å². The summed E-state index contributed by atoms with van der Waals surface area (Å²) in [6, 6.07) is 0. The first kappa shape index (κ1) is 17.9. The fourth-order valence-corrected chi connectivity index (χ4v) is 4.98. The van der Waals surface area contributed by atoms with E-state index in [1.165, 1.54) is 40.3 Å². The Morgan fingerprint density at radius 3 is 2.68 bits per heavy atom. The van der Waals surface area contributed by atoms with Gasteiger partial charge in [-0.25, -0.2) is 0 Å². The van der Waals surface area contributed by atoms with Crippen molar-refractivity contribution in [3.8, 4) is 0 Å². The van der Waals surface area contributed by atoms with Gasteiger partial charge in [0.15, 0.2) is 0 Å². The van der Waals surface area contributed by atoms with Gasteiger partial charge in [0.2, 0.25) is 0 Å². The van der Waals surface area contributed by atoms with Gasteiger partial charge in [0.05, 0.1) is 4.88 Å². The summed E-state index contributed by atoms with van der Waals surface area (Å²) < 4.78 is 0. The zero-order valence-electron chi connectivity index (χ0n) is 14.9. The summed E-state index contributed by atoms with van der Waals surface area (Å²) >= 11 is 1.85. The molecule has 2 rings (SSSR count). The molecule has 2 unspecified atom stereocenters. The highest BCUT2D eigenvalue weighted by atomic mass is 32.1. The number of thiophene rings is 1. The van der Waals surface area contributed by atoms with Crippen molar-refractivity contribution in [3.63, 3.8) is 0 Å². The van der Waals surface area contributed by atoms with E-state index in [1.807, 2.05) is 23.3 Å². The van der Waals surface area contributed by atoms with Gasteiger partial charge in [-0.15, -0.1) is 11.3 Å². The minimum atomic E-state index is -0.399. The maximum Gasteiger partial charge on any atom is 0.142 e. The third kappa shape index (κ3) is 3.73. The normalized spacial score (nSPS) is 20.4. The first-order valence-electron chi connectivity index (χ1n) is 8.72. The first-order chi connectivity index (χ1) is 10.5. The smallest absolute Gasteiger partial charge is 0.142 e. The predicted octanol–water partition coefficient (Wildman–Crippen LogP) is 3.76. The van der Waals surface area contributed by atoms with Crippen molar-refractivity contribution < 1.29 is 5.11 Å². The zero-order valence-corrected chi connectivity index (χ0v) is 15.7. The summed E-state index contributed by atoms with van der Waals surface area (Å²) in [4.78, 5) is 7.24. The van der Waals surface area contributed by atoms with E-state index in [-0.39, 0.29) is 0 Å². The molecule has 1 aromatic rings. The lowest BCUT2D eigenvalue weighted by Gasteiger charge is -2.28. The second kappa shape index (κ2) is 7.91. The molecule has 0 radical (unpaired) electrons. The molecule has 3 nitrogen and oxygen atoms in total. The number of nitrogens with zero attached hydrogens (tertiary/aromatic N) is 2. The van der Waals surface area contributed by atoms with Gasteiger partial charge < -0.3 is 10.0 Å². The van der Waals surface area contributed by atoms with Crippen molar-refractivity contribution in [1.29, 1.82) is 0 Å². The second-order valence-corrected chi connectivity index (χ2v) is 7.69. The van der Waals surface area contributed by atoms with Crippen LogP contribution in [0, 0.1) is 6.92 Å². The highest BCUT2D eigenvalue weighted by Crippen LogP contribution is 2.41. The second-order valence-electron chi connectivity index (χ2n) is 6.61. The van der Waals surface area contributed by atoms with Crippen LogP contribution in [0.1, 0.15) is 66.6 Å². The average Bonchev–Trinajstić information content (AvgIpc) is 2.85. The lowest BCUT2D eigenvalue weighted by Crippen LogP contribution is -2.30. The van der Waals surface area contributed by atoms with Crippen molar-refractivity contribution in [1.82, 2.24) is 9.80 Å². The van der Waals surface area contributed by atoms with Crippen LogP contribution < -0.4 is 0 Å². The minimum Gasteiger partial charge on any atom is -0.373 e. The molecule has 1 aromatic heterocycles. The number of rotatable bonds is 7. The van der Waals surface area contributed by atoms with E-state index in [0.717, 1.165) is 26.1 Å². The fraction of sp³-hybridized carbons (Fsp3) is 0.778. The zero-order chi connectivity index (χ0) is 16.3. The summed E-state index contributed by atoms with van der Waals surface area (Å²) in [5.74, 6) is 0.601. The molecule has 2 atom stereocenters. The first-order valence-corrected chi connectivity index (χ1v) is 9.53. The Balaban J connectivity index is 2.02. The molecule has 0 saturated carbocycles. The van der Waals surface area contributed by atoms with Gasteiger partial charge in [-0.2, -0.15) is 0 Å². The molecule has 0 fully saturated rings. The van der Waals surface area contributed by atoms with Gasteiger partial charge in [0.25, 0.3) is 0 Å². The monoisotopic (exact) mass is 324 g/mol. The van der Waals surface area contributed by atoms with Crippen molar-refractivity contribution >= 4 is 11.3 Å². The van der Waals surface area contributed by atoms with Crippen molar-refractivity contribution in [2.24, 2.45) is 0 Å². The average molecular weight is 325 g/mol. The highest BCUT2D eigenvalue weighted by Gasteiger charge is 2.28. The van der Waals surface area contributed by atoms with Gasteiger partial charge in [-0.05, 0) is 69.9 Å². The van der Waals surface area contributed by atoms with E-state index in [2.05, 4.69) is 32.6 Å². The molecule has 0 amide bonds. The number of hydrogen-bond donors (Lipinski definition) is 1. The molecule has 126 valence electrons. The SMILES string of the molecule is CCN(CC)CCCC(C)c1sc2c(c1C)CCN(C)C2O. The third-order valence-corrected chi connectivity index (χ3v) is 6.77. The number of hydrogen-bond acceptors (Lipinski definition) is 4. The Hall–Kier alpha value is -0.420. The summed E-state index contributed by atoms with van der Waals surface area (Å²) in [6.45, 7) is 13.5. The summed E-state index contributed by atoms with van der Waals surface area (Å²) in [5.41, 5.74) is 2.86. The van der Waals surface area contributed by atoms with Crippen LogP contribution in [0.25, 0.3) is 0 Å². The topological polar surface area (TPSA) is 26.7 Å². The Kier molecular flexibility index (Phi) is 6.45. The molecule has 0 bridgehead atoms. The maximum absolute atomic E-state index is 10.4. The Morgan fingerprint density at radius 2 is 2.05 bits per heavy atom. The van der Waals surface area contributed by atoms with Gasteiger partial charge in [-0.3, -0.25) is 4.90 Å². The van der Waals surface area contributed by atoms with E-state index in [9.17, 15) is 5.11 Å². The molecule has 2 heterocycles. The molecule has 22 heavy (non-hydrogen) atoms. The van der Waals surface area contributed by atoms with Crippen LogP contribution in [-0.4, -0.2) is 48.1 Å². The van der Waals surface area contributed by atoms with E-state index in [4.69, 9.17) is 0 Å². The van der Waals surface area contributed by atoms with E-state index < -0.39 is 6.23 Å². The Labute approximate surface area is 139 Å². The molecule has 0 spiro atoms. The predicted molar refractivity (Wildman–Crippen MR) is 95.8 cm³/mol. The van der Waals surface area contributed by atoms with Crippen LogP contribution in [0.15, 0.2) is 0 Å². The largest absolute Gasteiger partial charge is 0.373 e. The van der Waals surface area contributed by atoms with Crippen LogP contribution in [0.2, 0.25) is 0 Å². The van der Waals surface area contributed by atoms with Crippen LogP contribution in [0.3, 0.4) is 0 Å². The van der Waals surface area contributed by atoms with Crippen LogP contribution in [0.5, 0.6) is 0 Å². The molecule has 1 N–H and O–H groups in total. The quantitative estimate of drug-likeness (QED) is 0.827. The van der Waals surface area contributed by atoms with E-state index in [1.54, 1.807) is 0 Å². The fourth-order valence-electron chi connectivity index (χ4n) is 3.48. The van der Waals surface area contributed by atoms with Crippen LogP contribution in [-0.2, 0) is 6.42 Å². The van der Waals surface area contributed by atoms with Gasteiger partial charge >= 0.3 is 0 Å². The summed E-state index contributed by atoms with van der Waals surface area (Å²) in [5, 5.41) is 10.4. The molecule has 1 aliphatic heterocycles. The Morgan fingerprint density at radius 1 is 1.36 bits per heavy atom. The molecule has 0 aromatic carbocycles. The lowest BCUT2D eigenvalue weighted by molar-refractivity contribution is 0.0161. The lowest BCUT2D eigenvalue weighted by atomic mass is 9.95. The number of aliphatic hydroxyl groups is 1. The third-order valence-electron chi connectivity index (χ3n) is 5.16. The van der Waals surface area contributed by atoms with E-state index in [0.29, 0.717) is 5.92 Å². The molecule has 4 heteroatoms. The number of aliphatic hydroxyl groups excluding tert-OH is 1. The van der Waals surface area contributed by atoms with E-state index >= 15 is 0 Å². The van der Waals surface area contributed by atoms with Crippen LogP contribution in [0.4, 0.5) is 0 Å². The molecule has 0 saturated heterocycles. The Bertz CT molecular complexity index is 482. The van der Waals surface area contributed by atoms with Gasteiger partial charge in [-0.1, -0.05) is 20.8 Å². The van der Waals surface area contributed by atoms with Gasteiger partial charge in [0.1, 0.15) is 6.23 Å². The minimum absolute atomic E-state index is 0.399. The van der Waals surface area contributed by atoms with Crippen molar-refractivity contribution in [2.45, 2.75) is 59.1 Å². The molecule has 1 aliphatic rings. The molecular weight excluding hydrogens is 292 g/mol. The highest BCUT2D eigenvalue weighted by molar-refractivity contribution is 7.12. The summed E-state index contributed by atoms with van der Waals surface area (Å²) in [7, 11) is 2.01. The maximum atomic E-state index is 10.4. The van der Waals surface area contributed by atoms with Crippen LogP contribution >= 0.6 is 11.3 Å². The molecule has 0 aliphatic carbocycles. The molecular formula is C18H32N2OS.